The first kappa shape index (κ1) is 26.2. The second-order valence-electron chi connectivity index (χ2n) is 8.55. The molecule has 2 aliphatic rings. The number of anilines is 2. The molecule has 0 bridgehead atoms. The largest absolute Gasteiger partial charge is 0.507 e. The van der Waals surface area contributed by atoms with Gasteiger partial charge < -0.3 is 14.7 Å². The van der Waals surface area contributed by atoms with Gasteiger partial charge in [0.15, 0.2) is 17.4 Å². The lowest BCUT2D eigenvalue weighted by Crippen LogP contribution is -2.43. The molecule has 0 aliphatic carbocycles. The van der Waals surface area contributed by atoms with Gasteiger partial charge in [-0.1, -0.05) is 12.1 Å². The van der Waals surface area contributed by atoms with Crippen LogP contribution in [0.4, 0.5) is 33.7 Å². The molecule has 2 aliphatic heterocycles. The molecule has 2 saturated heterocycles. The number of Topliss-reactive ketones (excluding diaryl/α,β-unsaturated/α-hetero) is 1. The van der Waals surface area contributed by atoms with E-state index >= 15 is 8.78 Å². The van der Waals surface area contributed by atoms with Crippen LogP contribution in [0.3, 0.4) is 0 Å². The molecule has 2 heterocycles. The summed E-state index contributed by atoms with van der Waals surface area (Å²) in [6.45, 7) is 0.322. The number of aromatic hydroxyl groups is 1. The summed E-state index contributed by atoms with van der Waals surface area (Å²) in [5.74, 6) is -3.84. The first-order chi connectivity index (χ1) is 17.7. The molecular weight excluding hydrogens is 500 g/mol. The molecule has 2 fully saturated rings. The van der Waals surface area contributed by atoms with Gasteiger partial charge in [-0.05, 0) is 18.6 Å². The number of nitrogens with one attached hydrogen (secondary N) is 1. The molecule has 198 valence electrons. The lowest BCUT2D eigenvalue weighted by Gasteiger charge is -2.25. The summed E-state index contributed by atoms with van der Waals surface area (Å²) in [5, 5.41) is 11.2. The average molecular weight is 524 g/mol. The number of carbonyl (C=O) groups excluding carboxylic acids is 3. The van der Waals surface area contributed by atoms with E-state index in [1.807, 2.05) is 0 Å². The van der Waals surface area contributed by atoms with E-state index in [-0.39, 0.29) is 61.8 Å². The Balaban J connectivity index is 1.43. The zero-order valence-electron chi connectivity index (χ0n) is 19.5. The number of phenolic OH excluding ortho intramolecular Hbond substituents is 1. The maximum absolute atomic E-state index is 15.1. The number of amides is 2. The summed E-state index contributed by atoms with van der Waals surface area (Å²) in [6, 6.07) is 7.96. The van der Waals surface area contributed by atoms with Crippen molar-refractivity contribution in [2.45, 2.75) is 25.4 Å². The van der Waals surface area contributed by atoms with E-state index in [0.717, 1.165) is 17.0 Å². The van der Waals surface area contributed by atoms with Crippen molar-refractivity contribution in [2.24, 2.45) is 0 Å². The highest BCUT2D eigenvalue weighted by Gasteiger charge is 2.34. The van der Waals surface area contributed by atoms with Crippen LogP contribution in [0.5, 0.6) is 5.75 Å². The van der Waals surface area contributed by atoms with Gasteiger partial charge in [0.25, 0.3) is 12.3 Å². The summed E-state index contributed by atoms with van der Waals surface area (Å²) in [7, 11) is 0. The standard InChI is InChI=1S/C24H24F4N4O5/c25-17-11-14(31-13-15(37-24(31)36)5-6-20(34)22(27)28)12-18(26)21(17)30-8-7-29-32(10-9-30)23(35)16-3-1-2-4-19(16)33/h1-4,11-12,15,22,29,33H,5-10,13H2/t15-/m0/s1. The Kier molecular flexibility index (Phi) is 7.81. The van der Waals surface area contributed by atoms with Crippen molar-refractivity contribution < 1.29 is 41.8 Å². The number of benzene rings is 2. The van der Waals surface area contributed by atoms with Gasteiger partial charge in [0, 0.05) is 38.2 Å². The van der Waals surface area contributed by atoms with Gasteiger partial charge in [0.05, 0.1) is 24.3 Å². The van der Waals surface area contributed by atoms with Gasteiger partial charge in [-0.15, -0.1) is 0 Å². The second kappa shape index (κ2) is 11.0. The van der Waals surface area contributed by atoms with Crippen LogP contribution in [0.2, 0.25) is 0 Å². The van der Waals surface area contributed by atoms with E-state index in [1.165, 1.54) is 22.0 Å². The van der Waals surface area contributed by atoms with Gasteiger partial charge in [-0.2, -0.15) is 0 Å². The Morgan fingerprint density at radius 2 is 1.81 bits per heavy atom. The van der Waals surface area contributed by atoms with Crippen molar-refractivity contribution in [1.82, 2.24) is 10.4 Å². The highest BCUT2D eigenvalue weighted by molar-refractivity contribution is 5.96. The predicted octanol–water partition coefficient (Wildman–Crippen LogP) is 3.08. The maximum atomic E-state index is 15.1. The van der Waals surface area contributed by atoms with Gasteiger partial charge >= 0.3 is 6.09 Å². The molecule has 0 spiro atoms. The Morgan fingerprint density at radius 1 is 1.11 bits per heavy atom. The van der Waals surface area contributed by atoms with E-state index in [2.05, 4.69) is 5.43 Å². The lowest BCUT2D eigenvalue weighted by atomic mass is 10.1. The highest BCUT2D eigenvalue weighted by Crippen LogP contribution is 2.32. The number of para-hydroxylation sites is 1. The van der Waals surface area contributed by atoms with Crippen LogP contribution in [0, 0.1) is 11.6 Å². The monoisotopic (exact) mass is 524 g/mol. The van der Waals surface area contributed by atoms with Crippen molar-refractivity contribution in [2.75, 3.05) is 42.5 Å². The third-order valence-corrected chi connectivity index (χ3v) is 6.12. The number of halogens is 4. The third kappa shape index (κ3) is 5.77. The Hall–Kier alpha value is -3.87. The van der Waals surface area contributed by atoms with Crippen LogP contribution in [0.15, 0.2) is 36.4 Å². The first-order valence-corrected chi connectivity index (χ1v) is 11.5. The van der Waals surface area contributed by atoms with Gasteiger partial charge in [0.2, 0.25) is 0 Å². The van der Waals surface area contributed by atoms with Crippen LogP contribution in [-0.2, 0) is 9.53 Å². The van der Waals surface area contributed by atoms with E-state index in [9.17, 15) is 28.3 Å². The summed E-state index contributed by atoms with van der Waals surface area (Å²) in [4.78, 5) is 38.5. The number of cyclic esters (lactones) is 1. The Labute approximate surface area is 209 Å². The van der Waals surface area contributed by atoms with Crippen LogP contribution in [0.25, 0.3) is 0 Å². The van der Waals surface area contributed by atoms with Crippen LogP contribution < -0.4 is 15.2 Å². The number of hydrazine groups is 1. The van der Waals surface area contributed by atoms with Crippen molar-refractivity contribution in [3.63, 3.8) is 0 Å². The molecule has 37 heavy (non-hydrogen) atoms. The number of hydrogen-bond acceptors (Lipinski definition) is 7. The minimum Gasteiger partial charge on any atom is -0.507 e. The smallest absolute Gasteiger partial charge is 0.414 e. The normalized spacial score (nSPS) is 18.2. The number of phenols is 1. The molecule has 4 rings (SSSR count). The summed E-state index contributed by atoms with van der Waals surface area (Å²) in [6.07, 6.45) is -5.51. The van der Waals surface area contributed by atoms with E-state index in [1.54, 1.807) is 12.1 Å². The number of carbonyl (C=O) groups is 3. The van der Waals surface area contributed by atoms with E-state index in [0.29, 0.717) is 0 Å². The Morgan fingerprint density at radius 3 is 2.49 bits per heavy atom. The first-order valence-electron chi connectivity index (χ1n) is 11.5. The molecule has 2 N–H and O–H groups in total. The van der Waals surface area contributed by atoms with Crippen molar-refractivity contribution >= 4 is 29.2 Å². The third-order valence-electron chi connectivity index (χ3n) is 6.12. The molecule has 2 aromatic carbocycles. The molecule has 2 aromatic rings. The zero-order chi connectivity index (χ0) is 26.7. The minimum absolute atomic E-state index is 0.0608. The fraction of sp³-hybridized carbons (Fsp3) is 0.375. The SMILES string of the molecule is O=C(CC[C@H]1CN(c2cc(F)c(N3CCNN(C(=O)c4ccccc4O)CC3)c(F)c2)C(=O)O1)C(F)F. The number of ether oxygens (including phenoxy) is 1. The van der Waals surface area contributed by atoms with Crippen molar-refractivity contribution in [3.05, 3.63) is 53.6 Å². The summed E-state index contributed by atoms with van der Waals surface area (Å²) < 4.78 is 60.0. The molecule has 1 atom stereocenters. The van der Waals surface area contributed by atoms with Crippen molar-refractivity contribution in [3.8, 4) is 5.75 Å². The van der Waals surface area contributed by atoms with Gasteiger partial charge in [-0.25, -0.2) is 27.8 Å². The van der Waals surface area contributed by atoms with Gasteiger partial charge in [0.1, 0.15) is 17.5 Å². The van der Waals surface area contributed by atoms with E-state index < -0.39 is 48.4 Å². The lowest BCUT2D eigenvalue weighted by molar-refractivity contribution is -0.129. The number of hydrogen-bond donors (Lipinski definition) is 2. The van der Waals surface area contributed by atoms with Crippen LogP contribution in [-0.4, -0.2) is 73.2 Å². The fourth-order valence-corrected chi connectivity index (χ4v) is 4.23. The predicted molar refractivity (Wildman–Crippen MR) is 124 cm³/mol. The number of rotatable bonds is 7. The topological polar surface area (TPSA) is 102 Å². The highest BCUT2D eigenvalue weighted by atomic mass is 19.3. The minimum atomic E-state index is -3.12. The molecule has 0 aromatic heterocycles. The molecule has 13 heteroatoms. The van der Waals surface area contributed by atoms with Crippen LogP contribution in [0.1, 0.15) is 23.2 Å². The van der Waals surface area contributed by atoms with Gasteiger partial charge in [-0.3, -0.25) is 19.5 Å². The van der Waals surface area contributed by atoms with Crippen molar-refractivity contribution in [1.29, 1.82) is 0 Å². The quantitative estimate of drug-likeness (QED) is 0.537. The molecule has 0 radical (unpaired) electrons. The summed E-state index contributed by atoms with van der Waals surface area (Å²) >= 11 is 0. The summed E-state index contributed by atoms with van der Waals surface area (Å²) in [5.41, 5.74) is 2.51. The molecule has 2 amide bonds. The average Bonchev–Trinajstić information content (AvgIpc) is 3.06. The number of ketones is 1. The second-order valence-corrected chi connectivity index (χ2v) is 8.55. The van der Waals surface area contributed by atoms with Crippen LogP contribution >= 0.6 is 0 Å². The number of alkyl halides is 2. The molecular formula is C24H24F4N4O5. The maximum Gasteiger partial charge on any atom is 0.414 e. The fourth-order valence-electron chi connectivity index (χ4n) is 4.23. The number of nitrogens with zero attached hydrogens (tertiary/aromatic N) is 3. The zero-order valence-corrected chi connectivity index (χ0v) is 19.5. The Bertz CT molecular complexity index is 1170. The van der Waals surface area contributed by atoms with E-state index in [4.69, 9.17) is 4.74 Å². The molecule has 0 unspecified atom stereocenters. The molecule has 0 saturated carbocycles. The molecule has 9 nitrogen and oxygen atoms in total.